The summed E-state index contributed by atoms with van der Waals surface area (Å²) >= 11 is 5.86. The standard InChI is InChI=1S/C20H23ClN2O6/c1-13(24)22-19-7-4-15(25)8-20(19)27-11-16(26)9-23-10-18(12-28-23)29-17-5-2-14(21)3-6-17/h2-8,16,18,25-26H,9-12H2,1H3,(H,22,24)/t16-,18-/m1/s1. The monoisotopic (exact) mass is 422 g/mol. The molecule has 2 aromatic carbocycles. The van der Waals surface area contributed by atoms with E-state index in [4.69, 9.17) is 25.9 Å². The van der Waals surface area contributed by atoms with Crippen molar-refractivity contribution in [2.45, 2.75) is 19.1 Å². The van der Waals surface area contributed by atoms with Gasteiger partial charge in [-0.3, -0.25) is 9.63 Å². The van der Waals surface area contributed by atoms with E-state index in [2.05, 4.69) is 5.32 Å². The Morgan fingerprint density at radius 2 is 2.10 bits per heavy atom. The molecular formula is C20H23ClN2O6. The molecule has 0 radical (unpaired) electrons. The molecule has 3 rings (SSSR count). The van der Waals surface area contributed by atoms with E-state index in [9.17, 15) is 15.0 Å². The van der Waals surface area contributed by atoms with Crippen molar-refractivity contribution in [2.24, 2.45) is 0 Å². The second-order valence-corrected chi connectivity index (χ2v) is 7.10. The third kappa shape index (κ3) is 6.50. The van der Waals surface area contributed by atoms with Crippen LogP contribution in [0.5, 0.6) is 17.2 Å². The van der Waals surface area contributed by atoms with E-state index in [-0.39, 0.29) is 36.7 Å². The highest BCUT2D eigenvalue weighted by atomic mass is 35.5. The van der Waals surface area contributed by atoms with Crippen LogP contribution >= 0.6 is 11.6 Å². The summed E-state index contributed by atoms with van der Waals surface area (Å²) in [5.74, 6) is 0.695. The maximum atomic E-state index is 11.3. The minimum Gasteiger partial charge on any atom is -0.508 e. The van der Waals surface area contributed by atoms with E-state index in [1.54, 1.807) is 29.3 Å². The average Bonchev–Trinajstić information content (AvgIpc) is 3.10. The number of hydrogen-bond donors (Lipinski definition) is 3. The molecule has 3 N–H and O–H groups in total. The number of phenols is 1. The largest absolute Gasteiger partial charge is 0.508 e. The van der Waals surface area contributed by atoms with Crippen molar-refractivity contribution < 1.29 is 29.3 Å². The smallest absolute Gasteiger partial charge is 0.221 e. The summed E-state index contributed by atoms with van der Waals surface area (Å²) in [5.41, 5.74) is 0.413. The molecule has 0 unspecified atom stereocenters. The van der Waals surface area contributed by atoms with Crippen molar-refractivity contribution in [1.82, 2.24) is 5.06 Å². The Hall–Kier alpha value is -2.52. The summed E-state index contributed by atoms with van der Waals surface area (Å²) in [6, 6.07) is 11.4. The predicted octanol–water partition coefficient (Wildman–Crippen LogP) is 2.44. The second kappa shape index (κ2) is 9.80. The molecule has 29 heavy (non-hydrogen) atoms. The molecule has 1 aliphatic heterocycles. The number of nitrogens with zero attached hydrogens (tertiary/aromatic N) is 1. The van der Waals surface area contributed by atoms with Gasteiger partial charge in [0.2, 0.25) is 5.91 Å². The second-order valence-electron chi connectivity index (χ2n) is 6.66. The third-order valence-electron chi connectivity index (χ3n) is 4.09. The summed E-state index contributed by atoms with van der Waals surface area (Å²) in [6.07, 6.45) is -1.02. The normalized spacial score (nSPS) is 17.7. The van der Waals surface area contributed by atoms with Crippen LogP contribution in [0.4, 0.5) is 5.69 Å². The zero-order chi connectivity index (χ0) is 20.8. The van der Waals surface area contributed by atoms with Gasteiger partial charge in [0.1, 0.15) is 42.7 Å². The number of carbonyl (C=O) groups is 1. The molecule has 156 valence electrons. The van der Waals surface area contributed by atoms with E-state index < -0.39 is 6.10 Å². The maximum Gasteiger partial charge on any atom is 0.221 e. The fraction of sp³-hybridized carbons (Fsp3) is 0.350. The average molecular weight is 423 g/mol. The Kier molecular flexibility index (Phi) is 7.16. The van der Waals surface area contributed by atoms with Crippen molar-refractivity contribution in [2.75, 3.05) is 31.6 Å². The van der Waals surface area contributed by atoms with E-state index in [1.807, 2.05) is 0 Å². The molecule has 0 bridgehead atoms. The van der Waals surface area contributed by atoms with Gasteiger partial charge in [0.15, 0.2) is 0 Å². The van der Waals surface area contributed by atoms with Crippen molar-refractivity contribution in [1.29, 1.82) is 0 Å². The number of carbonyl (C=O) groups excluding carboxylic acids is 1. The Morgan fingerprint density at radius 1 is 1.34 bits per heavy atom. The molecule has 9 heteroatoms. The first-order valence-corrected chi connectivity index (χ1v) is 9.48. The number of ether oxygens (including phenoxy) is 2. The number of hydrogen-bond acceptors (Lipinski definition) is 7. The predicted molar refractivity (Wildman–Crippen MR) is 107 cm³/mol. The van der Waals surface area contributed by atoms with Crippen LogP contribution in [0.15, 0.2) is 42.5 Å². The maximum absolute atomic E-state index is 11.3. The van der Waals surface area contributed by atoms with Crippen molar-refractivity contribution in [3.8, 4) is 17.2 Å². The van der Waals surface area contributed by atoms with Gasteiger partial charge < -0.3 is 25.0 Å². The highest BCUT2D eigenvalue weighted by Gasteiger charge is 2.27. The van der Waals surface area contributed by atoms with Crippen LogP contribution in [0.25, 0.3) is 0 Å². The summed E-state index contributed by atoms with van der Waals surface area (Å²) in [6.45, 7) is 2.41. The van der Waals surface area contributed by atoms with Crippen LogP contribution in [-0.2, 0) is 9.63 Å². The van der Waals surface area contributed by atoms with Gasteiger partial charge in [-0.25, -0.2) is 0 Å². The fourth-order valence-corrected chi connectivity index (χ4v) is 2.95. The Labute approximate surface area is 173 Å². The molecule has 1 heterocycles. The number of β-amino-alcohol motifs (C(OH)–C–C–N with tert-alkyl or cyclic N) is 1. The van der Waals surface area contributed by atoms with Crippen LogP contribution in [0.3, 0.4) is 0 Å². The zero-order valence-electron chi connectivity index (χ0n) is 15.9. The summed E-state index contributed by atoms with van der Waals surface area (Å²) in [7, 11) is 0. The number of amides is 1. The molecule has 2 aromatic rings. The minimum atomic E-state index is -0.850. The van der Waals surface area contributed by atoms with E-state index in [1.165, 1.54) is 25.1 Å². The highest BCUT2D eigenvalue weighted by Crippen LogP contribution is 2.29. The Morgan fingerprint density at radius 3 is 2.83 bits per heavy atom. The molecular weight excluding hydrogens is 400 g/mol. The van der Waals surface area contributed by atoms with Crippen molar-refractivity contribution >= 4 is 23.2 Å². The Balaban J connectivity index is 1.46. The fourth-order valence-electron chi connectivity index (χ4n) is 2.82. The lowest BCUT2D eigenvalue weighted by molar-refractivity contribution is -0.131. The number of benzene rings is 2. The number of hydroxylamine groups is 2. The van der Waals surface area contributed by atoms with Gasteiger partial charge in [-0.2, -0.15) is 5.06 Å². The van der Waals surface area contributed by atoms with Crippen LogP contribution in [0.1, 0.15) is 6.92 Å². The number of aliphatic hydroxyl groups is 1. The first kappa shape index (κ1) is 21.2. The molecule has 1 aliphatic rings. The molecule has 8 nitrogen and oxygen atoms in total. The van der Waals surface area contributed by atoms with Crippen LogP contribution in [-0.4, -0.2) is 59.7 Å². The number of nitrogens with one attached hydrogen (secondary N) is 1. The number of anilines is 1. The van der Waals surface area contributed by atoms with Gasteiger partial charge in [0, 0.05) is 18.0 Å². The SMILES string of the molecule is CC(=O)Nc1ccc(O)cc1OC[C@H](O)CN1C[C@@H](Oc2ccc(Cl)cc2)CO1. The molecule has 1 saturated heterocycles. The number of aromatic hydroxyl groups is 1. The lowest BCUT2D eigenvalue weighted by Gasteiger charge is -2.20. The number of phenolic OH excluding ortho intramolecular Hbond substituents is 1. The summed E-state index contributed by atoms with van der Waals surface area (Å²) in [4.78, 5) is 16.8. The summed E-state index contributed by atoms with van der Waals surface area (Å²) < 4.78 is 11.4. The number of halogens is 1. The van der Waals surface area contributed by atoms with Gasteiger partial charge in [-0.05, 0) is 36.4 Å². The van der Waals surface area contributed by atoms with E-state index >= 15 is 0 Å². The highest BCUT2D eigenvalue weighted by molar-refractivity contribution is 6.30. The molecule has 1 fully saturated rings. The third-order valence-corrected chi connectivity index (χ3v) is 4.34. The molecule has 0 aromatic heterocycles. The van der Waals surface area contributed by atoms with Crippen molar-refractivity contribution in [3.63, 3.8) is 0 Å². The molecule has 1 amide bonds. The molecule has 0 saturated carbocycles. The first-order chi connectivity index (χ1) is 13.9. The lowest BCUT2D eigenvalue weighted by atomic mass is 10.2. The van der Waals surface area contributed by atoms with E-state index in [0.29, 0.717) is 29.6 Å². The van der Waals surface area contributed by atoms with Crippen LogP contribution < -0.4 is 14.8 Å². The quantitative estimate of drug-likeness (QED) is 0.562. The van der Waals surface area contributed by atoms with Gasteiger partial charge in [0.25, 0.3) is 0 Å². The topological polar surface area (TPSA) is 100 Å². The lowest BCUT2D eigenvalue weighted by Crippen LogP contribution is -2.34. The first-order valence-electron chi connectivity index (χ1n) is 9.10. The van der Waals surface area contributed by atoms with Crippen LogP contribution in [0.2, 0.25) is 5.02 Å². The minimum absolute atomic E-state index is 0.00587. The van der Waals surface area contributed by atoms with Gasteiger partial charge in [0.05, 0.1) is 18.8 Å². The molecule has 2 atom stereocenters. The summed E-state index contributed by atoms with van der Waals surface area (Å²) in [5, 5.41) is 24.8. The van der Waals surface area contributed by atoms with Crippen LogP contribution in [0, 0.1) is 0 Å². The Bertz CT molecular complexity index is 832. The zero-order valence-corrected chi connectivity index (χ0v) is 16.6. The molecule has 0 spiro atoms. The number of aliphatic hydroxyl groups excluding tert-OH is 1. The number of rotatable bonds is 8. The van der Waals surface area contributed by atoms with E-state index in [0.717, 1.165) is 0 Å². The van der Waals surface area contributed by atoms with Crippen molar-refractivity contribution in [3.05, 3.63) is 47.5 Å². The molecule has 0 aliphatic carbocycles. The van der Waals surface area contributed by atoms with Gasteiger partial charge >= 0.3 is 0 Å². The van der Waals surface area contributed by atoms with Gasteiger partial charge in [-0.15, -0.1) is 0 Å². The van der Waals surface area contributed by atoms with Gasteiger partial charge in [-0.1, -0.05) is 11.6 Å².